The van der Waals surface area contributed by atoms with E-state index in [1.54, 1.807) is 6.92 Å². The minimum absolute atomic E-state index is 0.0455. The van der Waals surface area contributed by atoms with Crippen LogP contribution in [-0.2, 0) is 4.79 Å². The van der Waals surface area contributed by atoms with E-state index < -0.39 is 5.91 Å². The molecular formula is C21H19N5O2. The number of anilines is 1. The van der Waals surface area contributed by atoms with E-state index in [0.717, 1.165) is 16.8 Å². The number of carbonyl (C=O) groups is 2. The van der Waals surface area contributed by atoms with E-state index in [1.165, 1.54) is 18.6 Å². The molecule has 0 aliphatic rings. The second kappa shape index (κ2) is 9.18. The van der Waals surface area contributed by atoms with Gasteiger partial charge in [-0.15, -0.1) is 0 Å². The second-order valence-electron chi connectivity index (χ2n) is 6.02. The van der Waals surface area contributed by atoms with Gasteiger partial charge in [-0.25, -0.2) is 10.4 Å². The molecule has 3 rings (SSSR count). The van der Waals surface area contributed by atoms with Crippen LogP contribution >= 0.6 is 0 Å². The Morgan fingerprint density at radius 2 is 1.75 bits per heavy atom. The smallest absolute Gasteiger partial charge is 0.291 e. The van der Waals surface area contributed by atoms with Crippen LogP contribution in [-0.4, -0.2) is 27.5 Å². The Kier molecular flexibility index (Phi) is 6.20. The van der Waals surface area contributed by atoms with Crippen LogP contribution in [0.3, 0.4) is 0 Å². The molecule has 0 bridgehead atoms. The van der Waals surface area contributed by atoms with Gasteiger partial charge >= 0.3 is 0 Å². The van der Waals surface area contributed by atoms with Gasteiger partial charge in [0.2, 0.25) is 5.91 Å². The van der Waals surface area contributed by atoms with Crippen LogP contribution in [0.2, 0.25) is 0 Å². The molecule has 7 heteroatoms. The van der Waals surface area contributed by atoms with Crippen molar-refractivity contribution in [1.29, 1.82) is 0 Å². The third-order valence-corrected chi connectivity index (χ3v) is 3.85. The molecule has 2 aromatic carbocycles. The number of carbonyl (C=O) groups excluding carboxylic acids is 2. The fourth-order valence-corrected chi connectivity index (χ4v) is 2.55. The lowest BCUT2D eigenvalue weighted by molar-refractivity contribution is -0.115. The highest BCUT2D eigenvalue weighted by Crippen LogP contribution is 2.27. The van der Waals surface area contributed by atoms with Gasteiger partial charge in [0.1, 0.15) is 5.69 Å². The zero-order valence-electron chi connectivity index (χ0n) is 15.3. The molecule has 2 N–H and O–H groups in total. The summed E-state index contributed by atoms with van der Waals surface area (Å²) in [6, 6.07) is 17.4. The Bertz CT molecular complexity index is 988. The number of amides is 2. The monoisotopic (exact) mass is 373 g/mol. The zero-order chi connectivity index (χ0) is 19.8. The summed E-state index contributed by atoms with van der Waals surface area (Å²) in [5, 5.41) is 6.86. The summed E-state index contributed by atoms with van der Waals surface area (Å²) < 4.78 is 0. The van der Waals surface area contributed by atoms with E-state index in [9.17, 15) is 9.59 Å². The number of hydrazone groups is 1. The maximum absolute atomic E-state index is 12.4. The lowest BCUT2D eigenvalue weighted by Gasteiger charge is -2.11. The van der Waals surface area contributed by atoms with Crippen LogP contribution in [0.4, 0.5) is 5.69 Å². The van der Waals surface area contributed by atoms with Crippen molar-refractivity contribution in [2.75, 3.05) is 5.32 Å². The molecule has 0 aliphatic heterocycles. The van der Waals surface area contributed by atoms with E-state index in [2.05, 4.69) is 25.8 Å². The van der Waals surface area contributed by atoms with Crippen LogP contribution in [0, 0.1) is 0 Å². The highest BCUT2D eigenvalue weighted by molar-refractivity contribution is 6.07. The van der Waals surface area contributed by atoms with Crippen LogP contribution < -0.4 is 10.7 Å². The van der Waals surface area contributed by atoms with Gasteiger partial charge in [0.05, 0.1) is 12.6 Å². The van der Waals surface area contributed by atoms with Crippen LogP contribution in [0.15, 0.2) is 78.3 Å². The van der Waals surface area contributed by atoms with Crippen LogP contribution in [0.25, 0.3) is 11.1 Å². The molecule has 140 valence electrons. The number of hydrogen-bond acceptors (Lipinski definition) is 5. The van der Waals surface area contributed by atoms with E-state index >= 15 is 0 Å². The lowest BCUT2D eigenvalue weighted by atomic mass is 10.0. The molecule has 0 fully saturated rings. The van der Waals surface area contributed by atoms with Gasteiger partial charge in [0, 0.05) is 29.4 Å². The van der Waals surface area contributed by atoms with Crippen molar-refractivity contribution in [2.45, 2.75) is 13.3 Å². The fraction of sp³-hybridized carbons (Fsp3) is 0.0952. The van der Waals surface area contributed by atoms with Crippen molar-refractivity contribution < 1.29 is 9.59 Å². The van der Waals surface area contributed by atoms with E-state index in [1.807, 2.05) is 54.6 Å². The first-order valence-electron chi connectivity index (χ1n) is 8.67. The highest BCUT2D eigenvalue weighted by Gasteiger charge is 2.10. The molecule has 0 saturated heterocycles. The van der Waals surface area contributed by atoms with Crippen LogP contribution in [0.1, 0.15) is 23.8 Å². The van der Waals surface area contributed by atoms with Crippen molar-refractivity contribution in [3.05, 3.63) is 78.9 Å². The number of nitrogens with zero attached hydrogens (tertiary/aromatic N) is 3. The first-order chi connectivity index (χ1) is 13.6. The van der Waals surface area contributed by atoms with Gasteiger partial charge in [-0.05, 0) is 18.6 Å². The number of aromatic nitrogens is 2. The molecule has 0 radical (unpaired) electrons. The third-order valence-electron chi connectivity index (χ3n) is 3.85. The van der Waals surface area contributed by atoms with Crippen molar-refractivity contribution in [1.82, 2.24) is 15.4 Å². The maximum atomic E-state index is 12.4. The Hall–Kier alpha value is -3.87. The van der Waals surface area contributed by atoms with Gasteiger partial charge < -0.3 is 5.32 Å². The minimum Gasteiger partial charge on any atom is -0.325 e. The fourth-order valence-electron chi connectivity index (χ4n) is 2.55. The van der Waals surface area contributed by atoms with Gasteiger partial charge in [-0.3, -0.25) is 14.6 Å². The first kappa shape index (κ1) is 18.9. The van der Waals surface area contributed by atoms with Crippen molar-refractivity contribution in [2.24, 2.45) is 5.10 Å². The van der Waals surface area contributed by atoms with E-state index in [0.29, 0.717) is 5.71 Å². The standard InChI is InChI=1S/C21H19N5O2/c1-15(25-26-21(28)19-14-22-11-12-23-19)13-20(27)24-18-10-6-5-9-17(18)16-7-3-2-4-8-16/h2-12,14H,13H2,1H3,(H,24,27)(H,26,28). The number of para-hydroxylation sites is 1. The molecule has 7 nitrogen and oxygen atoms in total. The predicted molar refractivity (Wildman–Crippen MR) is 108 cm³/mol. The number of rotatable bonds is 6. The van der Waals surface area contributed by atoms with Crippen molar-refractivity contribution in [3.63, 3.8) is 0 Å². The van der Waals surface area contributed by atoms with Crippen LogP contribution in [0.5, 0.6) is 0 Å². The first-order valence-corrected chi connectivity index (χ1v) is 8.67. The second-order valence-corrected chi connectivity index (χ2v) is 6.02. The quantitative estimate of drug-likeness (QED) is 0.512. The molecule has 28 heavy (non-hydrogen) atoms. The Morgan fingerprint density at radius 3 is 2.50 bits per heavy atom. The molecular weight excluding hydrogens is 354 g/mol. The van der Waals surface area contributed by atoms with Crippen molar-refractivity contribution >= 4 is 23.2 Å². The summed E-state index contributed by atoms with van der Waals surface area (Å²) in [7, 11) is 0. The highest BCUT2D eigenvalue weighted by atomic mass is 16.2. The summed E-state index contributed by atoms with van der Waals surface area (Å²) in [6.45, 7) is 1.67. The largest absolute Gasteiger partial charge is 0.325 e. The summed E-state index contributed by atoms with van der Waals surface area (Å²) in [4.78, 5) is 32.0. The third kappa shape index (κ3) is 5.07. The van der Waals surface area contributed by atoms with E-state index in [4.69, 9.17) is 0 Å². The summed E-state index contributed by atoms with van der Waals surface area (Å²) in [5.74, 6) is -0.708. The average molecular weight is 373 g/mol. The molecule has 3 aromatic rings. The Morgan fingerprint density at radius 1 is 1.00 bits per heavy atom. The maximum Gasteiger partial charge on any atom is 0.291 e. The Balaban J connectivity index is 1.62. The normalized spacial score (nSPS) is 11.0. The molecule has 0 aliphatic carbocycles. The topological polar surface area (TPSA) is 96.3 Å². The summed E-state index contributed by atoms with van der Waals surface area (Å²) >= 11 is 0. The molecule has 0 saturated carbocycles. The van der Waals surface area contributed by atoms with Gasteiger partial charge in [0.25, 0.3) is 5.91 Å². The summed E-state index contributed by atoms with van der Waals surface area (Å²) in [5.41, 5.74) is 5.65. The molecule has 0 unspecified atom stereocenters. The van der Waals surface area contributed by atoms with Crippen molar-refractivity contribution in [3.8, 4) is 11.1 Å². The molecule has 0 spiro atoms. The molecule has 1 heterocycles. The van der Waals surface area contributed by atoms with Gasteiger partial charge in [-0.1, -0.05) is 48.5 Å². The molecule has 1 aromatic heterocycles. The SMILES string of the molecule is CC(CC(=O)Nc1ccccc1-c1ccccc1)=NNC(=O)c1cnccn1. The van der Waals surface area contributed by atoms with Gasteiger partial charge in [0.15, 0.2) is 0 Å². The van der Waals surface area contributed by atoms with E-state index in [-0.39, 0.29) is 18.0 Å². The number of hydrogen-bond donors (Lipinski definition) is 2. The lowest BCUT2D eigenvalue weighted by Crippen LogP contribution is -2.22. The zero-order valence-corrected chi connectivity index (χ0v) is 15.3. The number of nitrogens with one attached hydrogen (secondary N) is 2. The predicted octanol–water partition coefficient (Wildman–Crippen LogP) is 3.28. The Labute approximate surface area is 162 Å². The average Bonchev–Trinajstić information content (AvgIpc) is 2.73. The molecule has 0 atom stereocenters. The number of benzene rings is 2. The minimum atomic E-state index is -0.484. The molecule has 2 amide bonds. The van der Waals surface area contributed by atoms with Gasteiger partial charge in [-0.2, -0.15) is 5.10 Å². The summed E-state index contributed by atoms with van der Waals surface area (Å²) in [6.07, 6.45) is 4.28.